The molecule has 2 heterocycles. The van der Waals surface area contributed by atoms with Crippen LogP contribution in [0.5, 0.6) is 0 Å². The maximum absolute atomic E-state index is 12.7. The maximum atomic E-state index is 12.7. The number of furan rings is 1. The summed E-state index contributed by atoms with van der Waals surface area (Å²) in [6, 6.07) is 17.3. The number of amides is 2. The second kappa shape index (κ2) is 9.46. The summed E-state index contributed by atoms with van der Waals surface area (Å²) in [5.41, 5.74) is 1.93. The zero-order valence-electron chi connectivity index (χ0n) is 17.0. The summed E-state index contributed by atoms with van der Waals surface area (Å²) in [4.78, 5) is 38.5. The van der Waals surface area contributed by atoms with Crippen LogP contribution < -0.4 is 0 Å². The van der Waals surface area contributed by atoms with Crippen molar-refractivity contribution in [1.82, 2.24) is 4.90 Å². The number of rotatable bonds is 6. The fraction of sp³-hybridized carbons (Fsp3) is 0.125. The minimum Gasteiger partial charge on any atom is -0.462 e. The number of imide groups is 1. The van der Waals surface area contributed by atoms with Gasteiger partial charge in [-0.3, -0.25) is 14.5 Å². The van der Waals surface area contributed by atoms with Gasteiger partial charge in [-0.25, -0.2) is 4.79 Å². The van der Waals surface area contributed by atoms with E-state index in [-0.39, 0.29) is 22.6 Å². The monoisotopic (exact) mass is 467 g/mol. The molecular formula is C24H18ClNO5S. The highest BCUT2D eigenvalue weighted by Gasteiger charge is 2.35. The van der Waals surface area contributed by atoms with Gasteiger partial charge in [0.15, 0.2) is 0 Å². The lowest BCUT2D eigenvalue weighted by Gasteiger charge is -2.12. The third-order valence-corrected chi connectivity index (χ3v) is 5.85. The molecule has 0 saturated carbocycles. The number of esters is 1. The molecule has 1 aromatic heterocycles. The zero-order chi connectivity index (χ0) is 22.7. The van der Waals surface area contributed by atoms with Crippen molar-refractivity contribution in [2.24, 2.45) is 0 Å². The molecule has 0 radical (unpaired) electrons. The van der Waals surface area contributed by atoms with Gasteiger partial charge in [0.2, 0.25) is 0 Å². The Labute approximate surface area is 193 Å². The first-order chi connectivity index (χ1) is 15.4. The quantitative estimate of drug-likeness (QED) is 0.326. The first-order valence-corrected chi connectivity index (χ1v) is 11.0. The summed E-state index contributed by atoms with van der Waals surface area (Å²) >= 11 is 6.76. The van der Waals surface area contributed by atoms with E-state index in [1.807, 2.05) is 6.07 Å². The molecule has 0 unspecified atom stereocenters. The van der Waals surface area contributed by atoms with E-state index >= 15 is 0 Å². The number of thioether (sulfide) groups is 1. The number of hydrogen-bond donors (Lipinski definition) is 0. The van der Waals surface area contributed by atoms with E-state index in [0.29, 0.717) is 34.3 Å². The van der Waals surface area contributed by atoms with Crippen LogP contribution in [0.4, 0.5) is 4.79 Å². The number of carbonyl (C=O) groups excluding carboxylic acids is 3. The Morgan fingerprint density at radius 2 is 1.91 bits per heavy atom. The molecule has 162 valence electrons. The third kappa shape index (κ3) is 4.79. The van der Waals surface area contributed by atoms with Crippen LogP contribution in [0, 0.1) is 0 Å². The van der Waals surface area contributed by atoms with Crippen LogP contribution >= 0.6 is 23.4 Å². The van der Waals surface area contributed by atoms with Crippen molar-refractivity contribution >= 4 is 46.6 Å². The van der Waals surface area contributed by atoms with Crippen LogP contribution in [0.3, 0.4) is 0 Å². The zero-order valence-corrected chi connectivity index (χ0v) is 18.6. The molecule has 2 aromatic carbocycles. The third-order valence-electron chi connectivity index (χ3n) is 4.69. The Morgan fingerprint density at radius 1 is 1.12 bits per heavy atom. The first-order valence-electron chi connectivity index (χ1n) is 9.82. The van der Waals surface area contributed by atoms with Gasteiger partial charge < -0.3 is 9.15 Å². The molecule has 1 aliphatic heterocycles. The van der Waals surface area contributed by atoms with Gasteiger partial charge in [-0.15, -0.1) is 0 Å². The fourth-order valence-electron chi connectivity index (χ4n) is 3.14. The second-order valence-electron chi connectivity index (χ2n) is 6.90. The Hall–Kier alpha value is -3.29. The number of halogens is 1. The van der Waals surface area contributed by atoms with Crippen molar-refractivity contribution in [2.45, 2.75) is 13.5 Å². The van der Waals surface area contributed by atoms with Gasteiger partial charge in [0.1, 0.15) is 11.5 Å². The lowest BCUT2D eigenvalue weighted by molar-refractivity contribution is -0.123. The van der Waals surface area contributed by atoms with E-state index in [2.05, 4.69) is 0 Å². The van der Waals surface area contributed by atoms with Crippen LogP contribution in [0.1, 0.15) is 28.6 Å². The predicted octanol–water partition coefficient (Wildman–Crippen LogP) is 6.01. The van der Waals surface area contributed by atoms with E-state index in [9.17, 15) is 14.4 Å². The Balaban J connectivity index is 1.51. The Kier molecular flexibility index (Phi) is 6.48. The highest BCUT2D eigenvalue weighted by molar-refractivity contribution is 8.18. The van der Waals surface area contributed by atoms with E-state index in [1.54, 1.807) is 67.6 Å². The maximum Gasteiger partial charge on any atom is 0.338 e. The molecule has 8 heteroatoms. The van der Waals surface area contributed by atoms with Crippen molar-refractivity contribution in [3.8, 4) is 11.3 Å². The van der Waals surface area contributed by atoms with Crippen molar-refractivity contribution in [3.63, 3.8) is 0 Å². The molecule has 3 aromatic rings. The standard InChI is InChI=1S/C24H18ClNO5S/c1-2-30-23(28)17-5-3-4-16(12-17)20-11-10-19(31-20)13-21-22(27)26(24(29)32-21)14-15-6-8-18(25)9-7-15/h3-13H,2,14H2,1H3/b21-13-. The normalized spacial score (nSPS) is 14.9. The van der Waals surface area contributed by atoms with Crippen LogP contribution in [0.2, 0.25) is 5.02 Å². The number of ether oxygens (including phenoxy) is 1. The van der Waals surface area contributed by atoms with Gasteiger partial charge >= 0.3 is 5.97 Å². The average Bonchev–Trinajstić information content (AvgIpc) is 3.36. The molecule has 0 N–H and O–H groups in total. The number of carbonyl (C=O) groups is 3. The number of nitrogens with zero attached hydrogens (tertiary/aromatic N) is 1. The van der Waals surface area contributed by atoms with E-state index in [1.165, 1.54) is 4.90 Å². The van der Waals surface area contributed by atoms with Crippen molar-refractivity contribution in [1.29, 1.82) is 0 Å². The van der Waals surface area contributed by atoms with E-state index < -0.39 is 5.97 Å². The fourth-order valence-corrected chi connectivity index (χ4v) is 4.08. The Morgan fingerprint density at radius 3 is 2.66 bits per heavy atom. The van der Waals surface area contributed by atoms with Crippen molar-refractivity contribution < 1.29 is 23.5 Å². The molecule has 1 saturated heterocycles. The summed E-state index contributed by atoms with van der Waals surface area (Å²) in [5, 5.41) is 0.245. The molecule has 0 spiro atoms. The molecule has 0 atom stereocenters. The van der Waals surface area contributed by atoms with Gasteiger partial charge in [0.05, 0.1) is 23.6 Å². The van der Waals surface area contributed by atoms with Crippen LogP contribution in [0.25, 0.3) is 17.4 Å². The lowest BCUT2D eigenvalue weighted by Crippen LogP contribution is -2.27. The molecule has 32 heavy (non-hydrogen) atoms. The first kappa shape index (κ1) is 21.9. The number of hydrogen-bond acceptors (Lipinski definition) is 6. The molecule has 0 aliphatic carbocycles. The van der Waals surface area contributed by atoms with Crippen LogP contribution in [-0.4, -0.2) is 28.6 Å². The van der Waals surface area contributed by atoms with E-state index in [4.69, 9.17) is 20.8 Å². The van der Waals surface area contributed by atoms with Gasteiger partial charge in [-0.2, -0.15) is 0 Å². The molecule has 2 amide bonds. The summed E-state index contributed by atoms with van der Waals surface area (Å²) in [5.74, 6) is 0.175. The summed E-state index contributed by atoms with van der Waals surface area (Å²) in [6.07, 6.45) is 1.55. The van der Waals surface area contributed by atoms with Gasteiger partial charge in [0.25, 0.3) is 11.1 Å². The van der Waals surface area contributed by atoms with E-state index in [0.717, 1.165) is 17.3 Å². The molecule has 0 bridgehead atoms. The van der Waals surface area contributed by atoms with Gasteiger partial charge in [-0.05, 0) is 60.6 Å². The molecule has 1 fully saturated rings. The minimum absolute atomic E-state index is 0.170. The molecule has 1 aliphatic rings. The molecule has 4 rings (SSSR count). The highest BCUT2D eigenvalue weighted by atomic mass is 35.5. The highest BCUT2D eigenvalue weighted by Crippen LogP contribution is 2.34. The predicted molar refractivity (Wildman–Crippen MR) is 123 cm³/mol. The second-order valence-corrected chi connectivity index (χ2v) is 8.33. The summed E-state index contributed by atoms with van der Waals surface area (Å²) < 4.78 is 10.9. The lowest BCUT2D eigenvalue weighted by atomic mass is 10.1. The summed E-state index contributed by atoms with van der Waals surface area (Å²) in [7, 11) is 0. The average molecular weight is 468 g/mol. The topological polar surface area (TPSA) is 76.8 Å². The van der Waals surface area contributed by atoms with Crippen LogP contribution in [0.15, 0.2) is 70.0 Å². The molecule has 6 nitrogen and oxygen atoms in total. The SMILES string of the molecule is CCOC(=O)c1cccc(-c2ccc(/C=C3\SC(=O)N(Cc4ccc(Cl)cc4)C3=O)o2)c1. The summed E-state index contributed by atoms with van der Waals surface area (Å²) in [6.45, 7) is 2.21. The van der Waals surface area contributed by atoms with Crippen molar-refractivity contribution in [2.75, 3.05) is 6.61 Å². The van der Waals surface area contributed by atoms with Gasteiger partial charge in [0, 0.05) is 16.7 Å². The largest absolute Gasteiger partial charge is 0.462 e. The van der Waals surface area contributed by atoms with Crippen molar-refractivity contribution in [3.05, 3.63) is 87.5 Å². The molecular weight excluding hydrogens is 450 g/mol. The minimum atomic E-state index is -0.407. The number of benzene rings is 2. The van der Waals surface area contributed by atoms with Crippen LogP contribution in [-0.2, 0) is 16.1 Å². The Bertz CT molecular complexity index is 1220. The van der Waals surface area contributed by atoms with Gasteiger partial charge in [-0.1, -0.05) is 35.9 Å². The smallest absolute Gasteiger partial charge is 0.338 e.